The van der Waals surface area contributed by atoms with Gasteiger partial charge in [0.1, 0.15) is 0 Å². The molecule has 0 spiro atoms. The maximum atomic E-state index is 4.86. The summed E-state index contributed by atoms with van der Waals surface area (Å²) >= 11 is 0. The molecular weight excluding hydrogens is 232 g/mol. The minimum Gasteiger partial charge on any atom is -0.384 e. The Morgan fingerprint density at radius 3 is 2.63 bits per heavy atom. The largest absolute Gasteiger partial charge is 0.384 e. The Kier molecular flexibility index (Phi) is 4.78. The lowest BCUT2D eigenvalue weighted by Crippen LogP contribution is -2.03. The molecule has 0 bridgehead atoms. The van der Waals surface area contributed by atoms with Crippen molar-refractivity contribution in [3.8, 4) is 0 Å². The zero-order chi connectivity index (χ0) is 13.7. The fourth-order valence-corrected chi connectivity index (χ4v) is 2.44. The van der Waals surface area contributed by atoms with Crippen molar-refractivity contribution in [2.24, 2.45) is 0 Å². The maximum Gasteiger partial charge on any atom is 0.0757 e. The average molecular weight is 256 g/mol. The number of fused-ring (bicyclic) bond motifs is 1. The Morgan fingerprint density at radius 1 is 1.11 bits per heavy atom. The molecule has 102 valence electrons. The van der Waals surface area contributed by atoms with Crippen molar-refractivity contribution in [1.29, 1.82) is 0 Å². The van der Waals surface area contributed by atoms with Crippen molar-refractivity contribution in [3.05, 3.63) is 35.5 Å². The summed E-state index contributed by atoms with van der Waals surface area (Å²) in [5.41, 5.74) is 4.96. The van der Waals surface area contributed by atoms with E-state index in [-0.39, 0.29) is 0 Å². The maximum absolute atomic E-state index is 4.86. The molecule has 0 atom stereocenters. The van der Waals surface area contributed by atoms with Gasteiger partial charge in [0.25, 0.3) is 0 Å². The van der Waals surface area contributed by atoms with Gasteiger partial charge in [-0.3, -0.25) is 4.98 Å². The fraction of sp³-hybridized carbons (Fsp3) is 0.471. The summed E-state index contributed by atoms with van der Waals surface area (Å²) in [5, 5.41) is 4.80. The first-order valence-electron chi connectivity index (χ1n) is 7.45. The van der Waals surface area contributed by atoms with E-state index in [9.17, 15) is 0 Å². The highest BCUT2D eigenvalue weighted by Crippen LogP contribution is 2.26. The van der Waals surface area contributed by atoms with Gasteiger partial charge in [-0.15, -0.1) is 0 Å². The van der Waals surface area contributed by atoms with Crippen molar-refractivity contribution in [3.63, 3.8) is 0 Å². The first-order valence-corrected chi connectivity index (χ1v) is 7.45. The van der Waals surface area contributed by atoms with Crippen LogP contribution < -0.4 is 5.32 Å². The number of nitrogens with one attached hydrogen (secondary N) is 1. The van der Waals surface area contributed by atoms with Crippen LogP contribution in [-0.2, 0) is 12.8 Å². The van der Waals surface area contributed by atoms with Crippen LogP contribution in [0.5, 0.6) is 0 Å². The third-order valence-electron chi connectivity index (χ3n) is 3.43. The first-order chi connectivity index (χ1) is 9.30. The molecule has 0 amide bonds. The van der Waals surface area contributed by atoms with E-state index in [1.54, 1.807) is 0 Å². The zero-order valence-corrected chi connectivity index (χ0v) is 12.3. The van der Waals surface area contributed by atoms with Crippen LogP contribution in [0.2, 0.25) is 0 Å². The standard InChI is InChI=1S/C17H24N2/c1-4-8-14-12-16(18-11-5-2)15-10-7-9-13(6-3)17(15)19-14/h7,9-10,12H,4-6,8,11H2,1-3H3,(H,18,19). The quantitative estimate of drug-likeness (QED) is 0.818. The predicted molar refractivity (Wildman–Crippen MR) is 83.9 cm³/mol. The molecule has 0 radical (unpaired) electrons. The molecule has 0 saturated carbocycles. The molecule has 2 aromatic rings. The molecule has 19 heavy (non-hydrogen) atoms. The number of aryl methyl sites for hydroxylation is 2. The van der Waals surface area contributed by atoms with Gasteiger partial charge in [0.15, 0.2) is 0 Å². The summed E-state index contributed by atoms with van der Waals surface area (Å²) < 4.78 is 0. The minimum atomic E-state index is 1.01. The van der Waals surface area contributed by atoms with E-state index in [2.05, 4.69) is 50.4 Å². The molecule has 0 aliphatic rings. The van der Waals surface area contributed by atoms with Gasteiger partial charge in [-0.25, -0.2) is 0 Å². The third kappa shape index (κ3) is 3.06. The monoisotopic (exact) mass is 256 g/mol. The predicted octanol–water partition coefficient (Wildman–Crippen LogP) is 4.57. The van der Waals surface area contributed by atoms with Gasteiger partial charge in [-0.05, 0) is 30.9 Å². The number of hydrogen-bond donors (Lipinski definition) is 1. The SMILES string of the molecule is CCCNc1cc(CCC)nc2c(CC)cccc12. The summed E-state index contributed by atoms with van der Waals surface area (Å²) in [6.45, 7) is 7.61. The second-order valence-electron chi connectivity index (χ2n) is 5.00. The summed E-state index contributed by atoms with van der Waals surface area (Å²) in [6, 6.07) is 8.73. The lowest BCUT2D eigenvalue weighted by molar-refractivity contribution is 0.887. The number of rotatable bonds is 6. The number of nitrogens with zero attached hydrogens (tertiary/aromatic N) is 1. The van der Waals surface area contributed by atoms with E-state index < -0.39 is 0 Å². The van der Waals surface area contributed by atoms with E-state index >= 15 is 0 Å². The van der Waals surface area contributed by atoms with Gasteiger partial charge >= 0.3 is 0 Å². The van der Waals surface area contributed by atoms with E-state index in [0.29, 0.717) is 0 Å². The summed E-state index contributed by atoms with van der Waals surface area (Å²) in [6.07, 6.45) is 4.36. The Balaban J connectivity index is 2.56. The van der Waals surface area contributed by atoms with Gasteiger partial charge < -0.3 is 5.32 Å². The molecule has 2 heteroatoms. The molecule has 1 heterocycles. The van der Waals surface area contributed by atoms with Crippen molar-refractivity contribution in [2.45, 2.75) is 46.5 Å². The number of para-hydroxylation sites is 1. The Labute approximate surface area is 116 Å². The Morgan fingerprint density at radius 2 is 1.95 bits per heavy atom. The lowest BCUT2D eigenvalue weighted by atomic mass is 10.0. The molecule has 2 rings (SSSR count). The number of aromatic nitrogens is 1. The number of pyridine rings is 1. The van der Waals surface area contributed by atoms with Crippen molar-refractivity contribution < 1.29 is 0 Å². The van der Waals surface area contributed by atoms with Gasteiger partial charge in [0, 0.05) is 23.3 Å². The van der Waals surface area contributed by atoms with Gasteiger partial charge in [-0.2, -0.15) is 0 Å². The topological polar surface area (TPSA) is 24.9 Å². The van der Waals surface area contributed by atoms with Crippen LogP contribution in [0, 0.1) is 0 Å². The molecular formula is C17H24N2. The Bertz CT molecular complexity index is 546. The first kappa shape index (κ1) is 13.9. The van der Waals surface area contributed by atoms with Gasteiger partial charge in [0.05, 0.1) is 5.52 Å². The van der Waals surface area contributed by atoms with Gasteiger partial charge in [-0.1, -0.05) is 45.4 Å². The number of anilines is 1. The minimum absolute atomic E-state index is 1.01. The van der Waals surface area contributed by atoms with E-state index in [4.69, 9.17) is 4.98 Å². The van der Waals surface area contributed by atoms with Crippen LogP contribution in [0.4, 0.5) is 5.69 Å². The molecule has 2 nitrogen and oxygen atoms in total. The van der Waals surface area contributed by atoms with Crippen molar-refractivity contribution in [1.82, 2.24) is 4.98 Å². The third-order valence-corrected chi connectivity index (χ3v) is 3.43. The molecule has 1 aromatic carbocycles. The average Bonchev–Trinajstić information content (AvgIpc) is 2.44. The lowest BCUT2D eigenvalue weighted by Gasteiger charge is -2.13. The normalized spacial score (nSPS) is 10.9. The molecule has 0 fully saturated rings. The summed E-state index contributed by atoms with van der Waals surface area (Å²) in [4.78, 5) is 4.86. The fourth-order valence-electron chi connectivity index (χ4n) is 2.44. The summed E-state index contributed by atoms with van der Waals surface area (Å²) in [5.74, 6) is 0. The second-order valence-corrected chi connectivity index (χ2v) is 5.00. The highest BCUT2D eigenvalue weighted by molar-refractivity contribution is 5.93. The van der Waals surface area contributed by atoms with Crippen LogP contribution in [0.1, 0.15) is 44.9 Å². The smallest absolute Gasteiger partial charge is 0.0757 e. The molecule has 1 aromatic heterocycles. The van der Waals surface area contributed by atoms with Crippen LogP contribution >= 0.6 is 0 Å². The van der Waals surface area contributed by atoms with Crippen molar-refractivity contribution >= 4 is 16.6 Å². The van der Waals surface area contributed by atoms with Crippen LogP contribution in [0.25, 0.3) is 10.9 Å². The Hall–Kier alpha value is -1.57. The van der Waals surface area contributed by atoms with Crippen LogP contribution in [0.15, 0.2) is 24.3 Å². The number of hydrogen-bond acceptors (Lipinski definition) is 2. The molecule has 1 N–H and O–H groups in total. The molecule has 0 aliphatic heterocycles. The second kappa shape index (κ2) is 6.55. The van der Waals surface area contributed by atoms with Crippen molar-refractivity contribution in [2.75, 3.05) is 11.9 Å². The molecule has 0 saturated heterocycles. The summed E-state index contributed by atoms with van der Waals surface area (Å²) in [7, 11) is 0. The number of benzene rings is 1. The molecule has 0 unspecified atom stereocenters. The van der Waals surface area contributed by atoms with Crippen LogP contribution in [-0.4, -0.2) is 11.5 Å². The highest BCUT2D eigenvalue weighted by atomic mass is 14.9. The van der Waals surface area contributed by atoms with E-state index in [1.807, 2.05) is 0 Å². The van der Waals surface area contributed by atoms with E-state index in [1.165, 1.54) is 27.8 Å². The zero-order valence-electron chi connectivity index (χ0n) is 12.3. The van der Waals surface area contributed by atoms with Gasteiger partial charge in [0.2, 0.25) is 0 Å². The highest BCUT2D eigenvalue weighted by Gasteiger charge is 2.08. The van der Waals surface area contributed by atoms with E-state index in [0.717, 1.165) is 32.2 Å². The molecule has 0 aliphatic carbocycles. The van der Waals surface area contributed by atoms with Crippen LogP contribution in [0.3, 0.4) is 0 Å².